The zero-order valence-corrected chi connectivity index (χ0v) is 10.9. The Labute approximate surface area is 111 Å². The van der Waals surface area contributed by atoms with Crippen LogP contribution in [0.4, 0.5) is 4.39 Å². The minimum Gasteiger partial charge on any atom is -0.338 e. The maximum atomic E-state index is 13.0. The molecule has 2 aromatic carbocycles. The average molecular weight is 338 g/mol. The van der Waals surface area contributed by atoms with E-state index in [0.29, 0.717) is 0 Å². The van der Waals surface area contributed by atoms with Crippen LogP contribution in [0.2, 0.25) is 0 Å². The number of benzene rings is 2. The maximum absolute atomic E-state index is 13.0. The fourth-order valence-electron chi connectivity index (χ4n) is 1.76. The number of aromatic amines is 1. The van der Waals surface area contributed by atoms with E-state index < -0.39 is 0 Å². The highest BCUT2D eigenvalue weighted by atomic mass is 127. The van der Waals surface area contributed by atoms with Gasteiger partial charge >= 0.3 is 0 Å². The minimum atomic E-state index is -0.228. The van der Waals surface area contributed by atoms with Crippen LogP contribution in [0.3, 0.4) is 0 Å². The van der Waals surface area contributed by atoms with E-state index in [-0.39, 0.29) is 5.82 Å². The molecule has 0 bridgehead atoms. The third-order valence-corrected chi connectivity index (χ3v) is 3.47. The number of halogens is 2. The quantitative estimate of drug-likeness (QED) is 0.668. The van der Waals surface area contributed by atoms with Crippen LogP contribution < -0.4 is 0 Å². The van der Waals surface area contributed by atoms with E-state index in [1.54, 1.807) is 6.07 Å². The number of nitrogens with zero attached hydrogens (tertiary/aromatic N) is 1. The molecule has 1 aromatic heterocycles. The van der Waals surface area contributed by atoms with E-state index in [1.807, 2.05) is 24.3 Å². The molecule has 0 radical (unpaired) electrons. The smallest absolute Gasteiger partial charge is 0.139 e. The summed E-state index contributed by atoms with van der Waals surface area (Å²) in [6.07, 6.45) is 0. The zero-order valence-electron chi connectivity index (χ0n) is 8.74. The molecule has 3 aromatic rings. The second-order valence-corrected chi connectivity index (χ2v) is 4.89. The normalized spacial score (nSPS) is 10.9. The number of hydrogen-bond acceptors (Lipinski definition) is 1. The van der Waals surface area contributed by atoms with Gasteiger partial charge in [-0.05, 0) is 52.9 Å². The van der Waals surface area contributed by atoms with Gasteiger partial charge in [0.25, 0.3) is 0 Å². The monoisotopic (exact) mass is 338 g/mol. The van der Waals surface area contributed by atoms with Crippen LogP contribution in [0.5, 0.6) is 0 Å². The Morgan fingerprint density at radius 3 is 2.71 bits per heavy atom. The Morgan fingerprint density at radius 1 is 1.12 bits per heavy atom. The van der Waals surface area contributed by atoms with Crippen LogP contribution in [-0.4, -0.2) is 9.97 Å². The van der Waals surface area contributed by atoms with Crippen LogP contribution in [0, 0.1) is 9.39 Å². The Morgan fingerprint density at radius 2 is 1.94 bits per heavy atom. The molecule has 0 saturated carbocycles. The summed E-state index contributed by atoms with van der Waals surface area (Å²) in [6, 6.07) is 12.5. The summed E-state index contributed by atoms with van der Waals surface area (Å²) in [7, 11) is 0. The van der Waals surface area contributed by atoms with Crippen LogP contribution >= 0.6 is 22.6 Å². The van der Waals surface area contributed by atoms with Crippen LogP contribution in [-0.2, 0) is 0 Å². The molecule has 0 fully saturated rings. The minimum absolute atomic E-state index is 0.228. The summed E-state index contributed by atoms with van der Waals surface area (Å²) in [5, 5.41) is 0. The molecule has 84 valence electrons. The molecule has 0 amide bonds. The molecular weight excluding hydrogens is 330 g/mol. The van der Waals surface area contributed by atoms with Gasteiger partial charge in [-0.25, -0.2) is 9.37 Å². The third-order valence-electron chi connectivity index (χ3n) is 2.58. The fraction of sp³-hybridized carbons (Fsp3) is 0. The maximum Gasteiger partial charge on any atom is 0.139 e. The van der Waals surface area contributed by atoms with Crippen LogP contribution in [0.1, 0.15) is 0 Å². The van der Waals surface area contributed by atoms with Crippen molar-refractivity contribution in [1.82, 2.24) is 9.97 Å². The number of fused-ring (bicyclic) bond motifs is 1. The molecule has 0 aliphatic carbocycles. The second-order valence-electron chi connectivity index (χ2n) is 3.73. The summed E-state index contributed by atoms with van der Waals surface area (Å²) in [5.41, 5.74) is 2.83. The molecule has 4 heteroatoms. The molecule has 0 aliphatic rings. The molecule has 2 nitrogen and oxygen atoms in total. The van der Waals surface area contributed by atoms with Crippen molar-refractivity contribution in [2.75, 3.05) is 0 Å². The van der Waals surface area contributed by atoms with E-state index >= 15 is 0 Å². The summed E-state index contributed by atoms with van der Waals surface area (Å²) in [5.74, 6) is 0.546. The van der Waals surface area contributed by atoms with E-state index in [4.69, 9.17) is 0 Å². The predicted octanol–water partition coefficient (Wildman–Crippen LogP) is 3.97. The molecule has 1 heterocycles. The number of rotatable bonds is 1. The molecule has 0 unspecified atom stereocenters. The van der Waals surface area contributed by atoms with Crippen LogP contribution in [0.15, 0.2) is 42.5 Å². The fourth-order valence-corrected chi connectivity index (χ4v) is 2.49. The highest BCUT2D eigenvalue weighted by Gasteiger charge is 2.08. The second kappa shape index (κ2) is 4.10. The lowest BCUT2D eigenvalue weighted by atomic mass is 10.2. The van der Waals surface area contributed by atoms with Gasteiger partial charge in [0.15, 0.2) is 0 Å². The summed E-state index contributed by atoms with van der Waals surface area (Å²) in [4.78, 5) is 7.72. The molecular formula is C13H8FIN2. The number of nitrogens with one attached hydrogen (secondary N) is 1. The van der Waals surface area contributed by atoms with Gasteiger partial charge in [0, 0.05) is 9.13 Å². The summed E-state index contributed by atoms with van der Waals surface area (Å²) in [6.45, 7) is 0. The Bertz CT molecular complexity index is 658. The number of hydrogen-bond donors (Lipinski definition) is 1. The first-order chi connectivity index (χ1) is 8.24. The van der Waals surface area contributed by atoms with Gasteiger partial charge in [0.2, 0.25) is 0 Å². The first-order valence-electron chi connectivity index (χ1n) is 5.14. The lowest BCUT2D eigenvalue weighted by molar-refractivity contribution is 0.627. The lowest BCUT2D eigenvalue weighted by Gasteiger charge is -2.00. The molecule has 0 atom stereocenters. The lowest BCUT2D eigenvalue weighted by Crippen LogP contribution is -1.86. The molecule has 0 spiro atoms. The number of aromatic nitrogens is 2. The van der Waals surface area contributed by atoms with Crippen molar-refractivity contribution >= 4 is 33.6 Å². The molecule has 1 N–H and O–H groups in total. The molecule has 3 rings (SSSR count). The van der Waals surface area contributed by atoms with Gasteiger partial charge in [-0.15, -0.1) is 0 Å². The van der Waals surface area contributed by atoms with Gasteiger partial charge in [0.1, 0.15) is 11.6 Å². The number of imidazole rings is 1. The Kier molecular flexibility index (Phi) is 2.58. The first kappa shape index (κ1) is 10.7. The average Bonchev–Trinajstić information content (AvgIpc) is 2.72. The highest BCUT2D eigenvalue weighted by molar-refractivity contribution is 14.1. The van der Waals surface area contributed by atoms with Gasteiger partial charge in [-0.1, -0.05) is 12.1 Å². The van der Waals surface area contributed by atoms with Crippen molar-refractivity contribution in [2.45, 2.75) is 0 Å². The zero-order chi connectivity index (χ0) is 11.8. The summed E-state index contributed by atoms with van der Waals surface area (Å²) >= 11 is 2.11. The molecule has 0 saturated heterocycles. The molecule has 0 aliphatic heterocycles. The van der Waals surface area contributed by atoms with Crippen molar-refractivity contribution in [3.8, 4) is 11.4 Å². The van der Waals surface area contributed by atoms with Gasteiger partial charge in [0.05, 0.1) is 11.0 Å². The third kappa shape index (κ3) is 1.93. The van der Waals surface area contributed by atoms with Gasteiger partial charge in [-0.3, -0.25) is 0 Å². The Hall–Kier alpha value is -1.43. The first-order valence-corrected chi connectivity index (χ1v) is 6.22. The Balaban J connectivity index is 2.20. The van der Waals surface area contributed by atoms with Crippen molar-refractivity contribution in [3.63, 3.8) is 0 Å². The predicted molar refractivity (Wildman–Crippen MR) is 74.2 cm³/mol. The SMILES string of the molecule is Fc1ccc(-c2nc3ccccc3[nH]2)c(I)c1. The largest absolute Gasteiger partial charge is 0.338 e. The van der Waals surface area contributed by atoms with E-state index in [2.05, 4.69) is 32.6 Å². The van der Waals surface area contributed by atoms with Crippen LogP contribution in [0.25, 0.3) is 22.4 Å². The van der Waals surface area contributed by atoms with E-state index in [9.17, 15) is 4.39 Å². The molecule has 17 heavy (non-hydrogen) atoms. The van der Waals surface area contributed by atoms with Crippen molar-refractivity contribution in [1.29, 1.82) is 0 Å². The summed E-state index contributed by atoms with van der Waals surface area (Å²) < 4.78 is 13.9. The van der Waals surface area contributed by atoms with Crippen molar-refractivity contribution in [3.05, 3.63) is 51.9 Å². The van der Waals surface area contributed by atoms with E-state index in [1.165, 1.54) is 12.1 Å². The van der Waals surface area contributed by atoms with Crippen molar-refractivity contribution in [2.24, 2.45) is 0 Å². The topological polar surface area (TPSA) is 28.7 Å². The van der Waals surface area contributed by atoms with Crippen molar-refractivity contribution < 1.29 is 4.39 Å². The highest BCUT2D eigenvalue weighted by Crippen LogP contribution is 2.25. The number of H-pyrrole nitrogens is 1. The van der Waals surface area contributed by atoms with Gasteiger partial charge in [-0.2, -0.15) is 0 Å². The van der Waals surface area contributed by atoms with Gasteiger partial charge < -0.3 is 4.98 Å². The standard InChI is InChI=1S/C13H8FIN2/c14-8-5-6-9(10(15)7-8)13-16-11-3-1-2-4-12(11)17-13/h1-7H,(H,16,17). The number of para-hydroxylation sites is 2. The van der Waals surface area contributed by atoms with E-state index in [0.717, 1.165) is 26.0 Å².